The van der Waals surface area contributed by atoms with E-state index in [4.69, 9.17) is 9.47 Å². The molecule has 1 amide bonds. The van der Waals surface area contributed by atoms with Gasteiger partial charge < -0.3 is 19.5 Å². The van der Waals surface area contributed by atoms with Crippen LogP contribution in [0.3, 0.4) is 0 Å². The molecule has 0 atom stereocenters. The largest absolute Gasteiger partial charge is 0.508 e. The van der Waals surface area contributed by atoms with Crippen LogP contribution in [0.4, 0.5) is 5.69 Å². The molecule has 0 fully saturated rings. The minimum Gasteiger partial charge on any atom is -0.508 e. The zero-order valence-electron chi connectivity index (χ0n) is 12.2. The van der Waals surface area contributed by atoms with Gasteiger partial charge in [0.2, 0.25) is 0 Å². The van der Waals surface area contributed by atoms with Crippen molar-refractivity contribution in [3.05, 3.63) is 48.0 Å². The Morgan fingerprint density at radius 1 is 1.10 bits per heavy atom. The van der Waals surface area contributed by atoms with Gasteiger partial charge in [-0.2, -0.15) is 0 Å². The molecular weight excluding hydrogens is 270 g/mol. The predicted octanol–water partition coefficient (Wildman–Crippen LogP) is 2.69. The Kier molecular flexibility index (Phi) is 4.33. The first-order valence-electron chi connectivity index (χ1n) is 6.36. The fourth-order valence-electron chi connectivity index (χ4n) is 2.06. The zero-order chi connectivity index (χ0) is 15.4. The summed E-state index contributed by atoms with van der Waals surface area (Å²) >= 11 is 0. The lowest BCUT2D eigenvalue weighted by Crippen LogP contribution is -2.26. The van der Waals surface area contributed by atoms with Gasteiger partial charge in [-0.1, -0.05) is 12.1 Å². The average molecular weight is 287 g/mol. The molecule has 2 rings (SSSR count). The Labute approximate surface area is 123 Å². The van der Waals surface area contributed by atoms with Crippen LogP contribution in [-0.4, -0.2) is 32.3 Å². The second-order valence-corrected chi connectivity index (χ2v) is 4.43. The summed E-state index contributed by atoms with van der Waals surface area (Å²) in [5, 5.41) is 9.51. The zero-order valence-corrected chi connectivity index (χ0v) is 12.2. The standard InChI is InChI=1S/C16H17NO4/c1-17(11-6-4-7-12(18)10-11)16(19)13-8-5-9-14(20-2)15(13)21-3/h4-10,18H,1-3H3. The number of methoxy groups -OCH3 is 2. The first kappa shape index (κ1) is 14.7. The molecule has 0 aromatic heterocycles. The molecule has 5 heteroatoms. The lowest BCUT2D eigenvalue weighted by molar-refractivity contribution is 0.0989. The number of anilines is 1. The maximum Gasteiger partial charge on any atom is 0.261 e. The Bertz CT molecular complexity index is 654. The van der Waals surface area contributed by atoms with E-state index in [1.165, 1.54) is 25.2 Å². The number of phenols is 1. The van der Waals surface area contributed by atoms with Crippen molar-refractivity contribution in [1.29, 1.82) is 0 Å². The molecule has 0 bridgehead atoms. The minimum absolute atomic E-state index is 0.102. The fraction of sp³-hybridized carbons (Fsp3) is 0.188. The molecule has 0 aliphatic heterocycles. The van der Waals surface area contributed by atoms with E-state index in [1.807, 2.05) is 0 Å². The normalized spacial score (nSPS) is 10.0. The number of rotatable bonds is 4. The van der Waals surface area contributed by atoms with Crippen LogP contribution in [-0.2, 0) is 0 Å². The van der Waals surface area contributed by atoms with Gasteiger partial charge in [-0.3, -0.25) is 4.79 Å². The third kappa shape index (κ3) is 2.91. The summed E-state index contributed by atoms with van der Waals surface area (Å²) in [6.45, 7) is 0. The number of hydrogen-bond acceptors (Lipinski definition) is 4. The second kappa shape index (κ2) is 6.17. The molecule has 2 aromatic carbocycles. The molecule has 0 aliphatic carbocycles. The minimum atomic E-state index is -0.253. The molecule has 0 saturated carbocycles. The molecule has 0 aliphatic rings. The van der Waals surface area contributed by atoms with Gasteiger partial charge in [0.15, 0.2) is 11.5 Å². The maximum absolute atomic E-state index is 12.6. The van der Waals surface area contributed by atoms with E-state index in [0.29, 0.717) is 22.7 Å². The molecule has 21 heavy (non-hydrogen) atoms. The van der Waals surface area contributed by atoms with Crippen LogP contribution in [0.2, 0.25) is 0 Å². The first-order chi connectivity index (χ1) is 10.1. The SMILES string of the molecule is COc1cccc(C(=O)N(C)c2cccc(O)c2)c1OC. The molecule has 2 aromatic rings. The van der Waals surface area contributed by atoms with Gasteiger partial charge in [-0.05, 0) is 24.3 Å². The van der Waals surface area contributed by atoms with Gasteiger partial charge >= 0.3 is 0 Å². The van der Waals surface area contributed by atoms with E-state index >= 15 is 0 Å². The van der Waals surface area contributed by atoms with Gasteiger partial charge in [0.1, 0.15) is 5.75 Å². The summed E-state index contributed by atoms with van der Waals surface area (Å²) in [7, 11) is 4.64. The molecule has 110 valence electrons. The lowest BCUT2D eigenvalue weighted by atomic mass is 10.1. The number of carbonyl (C=O) groups is 1. The van der Waals surface area contributed by atoms with Gasteiger partial charge in [0, 0.05) is 18.8 Å². The highest BCUT2D eigenvalue weighted by Gasteiger charge is 2.20. The van der Waals surface area contributed by atoms with Crippen molar-refractivity contribution in [1.82, 2.24) is 0 Å². The number of ether oxygens (including phenoxy) is 2. The molecule has 5 nitrogen and oxygen atoms in total. The Morgan fingerprint density at radius 3 is 2.43 bits per heavy atom. The van der Waals surface area contributed by atoms with E-state index in [0.717, 1.165) is 0 Å². The van der Waals surface area contributed by atoms with E-state index in [-0.39, 0.29) is 11.7 Å². The van der Waals surface area contributed by atoms with Gasteiger partial charge in [-0.15, -0.1) is 0 Å². The third-order valence-corrected chi connectivity index (χ3v) is 3.16. The molecule has 1 N–H and O–H groups in total. The highest BCUT2D eigenvalue weighted by atomic mass is 16.5. The summed E-state index contributed by atoms with van der Waals surface area (Å²) in [6.07, 6.45) is 0. The molecule has 0 saturated heterocycles. The van der Waals surface area contributed by atoms with E-state index < -0.39 is 0 Å². The molecular formula is C16H17NO4. The Hall–Kier alpha value is -2.69. The molecule has 0 spiro atoms. The number of aromatic hydroxyl groups is 1. The van der Waals surface area contributed by atoms with E-state index in [9.17, 15) is 9.90 Å². The second-order valence-electron chi connectivity index (χ2n) is 4.43. The highest BCUT2D eigenvalue weighted by molar-refractivity contribution is 6.08. The average Bonchev–Trinajstić information content (AvgIpc) is 2.52. The first-order valence-corrected chi connectivity index (χ1v) is 6.36. The summed E-state index contributed by atoms with van der Waals surface area (Å²) < 4.78 is 10.5. The van der Waals surface area contributed by atoms with Crippen molar-refractivity contribution in [2.45, 2.75) is 0 Å². The van der Waals surface area contributed by atoms with Gasteiger partial charge in [-0.25, -0.2) is 0 Å². The molecule has 0 unspecified atom stereocenters. The van der Waals surface area contributed by atoms with Crippen molar-refractivity contribution >= 4 is 11.6 Å². The molecule has 0 radical (unpaired) electrons. The lowest BCUT2D eigenvalue weighted by Gasteiger charge is -2.19. The number of nitrogens with zero attached hydrogens (tertiary/aromatic N) is 1. The summed E-state index contributed by atoms with van der Waals surface area (Å²) in [4.78, 5) is 14.1. The van der Waals surface area contributed by atoms with E-state index in [2.05, 4.69) is 0 Å². The topological polar surface area (TPSA) is 59.0 Å². The van der Waals surface area contributed by atoms with Crippen LogP contribution in [0.1, 0.15) is 10.4 Å². The van der Waals surface area contributed by atoms with Crippen LogP contribution in [0.15, 0.2) is 42.5 Å². The Balaban J connectivity index is 2.40. The van der Waals surface area contributed by atoms with Crippen LogP contribution in [0, 0.1) is 0 Å². The smallest absolute Gasteiger partial charge is 0.261 e. The van der Waals surface area contributed by atoms with Crippen LogP contribution in [0.25, 0.3) is 0 Å². The quantitative estimate of drug-likeness (QED) is 0.939. The van der Waals surface area contributed by atoms with Crippen LogP contribution < -0.4 is 14.4 Å². The number of amides is 1. The number of carbonyl (C=O) groups excluding carboxylic acids is 1. The third-order valence-electron chi connectivity index (χ3n) is 3.16. The number of hydrogen-bond donors (Lipinski definition) is 1. The number of para-hydroxylation sites is 1. The summed E-state index contributed by atoms with van der Waals surface area (Å²) in [6, 6.07) is 11.6. The predicted molar refractivity (Wildman–Crippen MR) is 80.4 cm³/mol. The molecule has 0 heterocycles. The summed E-state index contributed by atoms with van der Waals surface area (Å²) in [5.41, 5.74) is 0.979. The Morgan fingerprint density at radius 2 is 1.81 bits per heavy atom. The van der Waals surface area contributed by atoms with Crippen molar-refractivity contribution in [3.8, 4) is 17.2 Å². The van der Waals surface area contributed by atoms with Crippen molar-refractivity contribution < 1.29 is 19.4 Å². The van der Waals surface area contributed by atoms with Crippen LogP contribution >= 0.6 is 0 Å². The monoisotopic (exact) mass is 287 g/mol. The van der Waals surface area contributed by atoms with Crippen LogP contribution in [0.5, 0.6) is 17.2 Å². The number of benzene rings is 2. The van der Waals surface area contributed by atoms with Crippen molar-refractivity contribution in [2.24, 2.45) is 0 Å². The highest BCUT2D eigenvalue weighted by Crippen LogP contribution is 2.32. The van der Waals surface area contributed by atoms with E-state index in [1.54, 1.807) is 43.4 Å². The number of phenolic OH excluding ortho intramolecular Hbond substituents is 1. The maximum atomic E-state index is 12.6. The van der Waals surface area contributed by atoms with Gasteiger partial charge in [0.25, 0.3) is 5.91 Å². The summed E-state index contributed by atoms with van der Waals surface area (Å²) in [5.74, 6) is 0.728. The fourth-order valence-corrected chi connectivity index (χ4v) is 2.06. The van der Waals surface area contributed by atoms with Crippen molar-refractivity contribution in [2.75, 3.05) is 26.2 Å². The van der Waals surface area contributed by atoms with Gasteiger partial charge in [0.05, 0.1) is 19.8 Å². The van der Waals surface area contributed by atoms with Crippen molar-refractivity contribution in [3.63, 3.8) is 0 Å².